The van der Waals surface area contributed by atoms with Gasteiger partial charge < -0.3 is 0 Å². The average Bonchev–Trinajstić information content (AvgIpc) is 3.34. The van der Waals surface area contributed by atoms with Gasteiger partial charge in [-0.1, -0.05) is 411 Å². The second-order valence-electron chi connectivity index (χ2n) is 23.0. The first kappa shape index (κ1) is 67.3. The Labute approximate surface area is 434 Å². The summed E-state index contributed by atoms with van der Waals surface area (Å²) in [7, 11) is 0. The molecule has 0 radical (unpaired) electrons. The van der Waals surface area contributed by atoms with Crippen LogP contribution in [0.2, 0.25) is 0 Å². The fraction of sp³-hybridized carbons (Fsp3) is 1.00. The lowest BCUT2D eigenvalue weighted by Crippen LogP contribution is -1.85. The zero-order valence-corrected chi connectivity index (χ0v) is 48.3. The Morgan fingerprint density at radius 3 is 0.269 bits per heavy atom. The minimum absolute atomic E-state index is 1.07. The van der Waals surface area contributed by atoms with Gasteiger partial charge in [-0.3, -0.25) is 0 Å². The second kappa shape index (κ2) is 66.3. The van der Waals surface area contributed by atoms with Gasteiger partial charge in [-0.15, -0.1) is 0 Å². The van der Waals surface area contributed by atoms with Crippen LogP contribution in [0, 0.1) is 0 Å². The normalized spacial score (nSPS) is 11.7. The first-order valence-corrected chi connectivity index (χ1v) is 33.7. The van der Waals surface area contributed by atoms with Crippen LogP contribution in [0.3, 0.4) is 0 Å². The summed E-state index contributed by atoms with van der Waals surface area (Å²) in [6, 6.07) is 0. The molecule has 1 heteroatoms. The SMILES string of the molecule is CCCCCCCCCCCCCCCCCCCCCCCCCCCCCCCCCCCCCCCCCCCCCCCCCCCCCCCCCCCCCCCCCCS. The van der Waals surface area contributed by atoms with E-state index < -0.39 is 0 Å². The van der Waals surface area contributed by atoms with Crippen molar-refractivity contribution < 1.29 is 0 Å². The number of unbranched alkanes of at least 4 members (excludes halogenated alkanes) is 63. The van der Waals surface area contributed by atoms with E-state index in [0.29, 0.717) is 0 Å². The van der Waals surface area contributed by atoms with Crippen molar-refractivity contribution in [3.63, 3.8) is 0 Å². The maximum absolute atomic E-state index is 4.31. The van der Waals surface area contributed by atoms with E-state index in [9.17, 15) is 0 Å². The van der Waals surface area contributed by atoms with Crippen molar-refractivity contribution in [2.45, 2.75) is 418 Å². The minimum atomic E-state index is 1.07. The molecular weight excluding hydrogens is 825 g/mol. The molecule has 0 nitrogen and oxygen atoms in total. The summed E-state index contributed by atoms with van der Waals surface area (Å²) < 4.78 is 0. The lowest BCUT2D eigenvalue weighted by atomic mass is 10.0. The van der Waals surface area contributed by atoms with Crippen molar-refractivity contribution in [1.82, 2.24) is 0 Å². The molecule has 0 aromatic rings. The Kier molecular flexibility index (Phi) is 66.7. The maximum atomic E-state index is 4.31. The highest BCUT2D eigenvalue weighted by Gasteiger charge is 2.00. The van der Waals surface area contributed by atoms with Gasteiger partial charge in [-0.2, -0.15) is 12.6 Å². The Bertz CT molecular complexity index is 726. The minimum Gasteiger partial charge on any atom is -0.179 e. The predicted octanol–water partition coefficient (Wildman–Crippen LogP) is 25.9. The van der Waals surface area contributed by atoms with Crippen LogP contribution in [0.25, 0.3) is 0 Å². The quantitative estimate of drug-likeness (QED) is 0.0456. The summed E-state index contributed by atoms with van der Waals surface area (Å²) in [6.07, 6.45) is 95.0. The molecule has 0 N–H and O–H groups in total. The Balaban J connectivity index is 3.07. The van der Waals surface area contributed by atoms with E-state index in [-0.39, 0.29) is 0 Å². The van der Waals surface area contributed by atoms with E-state index >= 15 is 0 Å². The van der Waals surface area contributed by atoms with Crippen molar-refractivity contribution in [1.29, 1.82) is 0 Å². The standard InChI is InChI=1S/C66H134S/c1-2-3-4-5-6-7-8-9-10-11-12-13-14-15-16-17-18-19-20-21-22-23-24-25-26-27-28-29-30-31-32-33-34-35-36-37-38-39-40-41-42-43-44-45-46-47-48-49-50-51-52-53-54-55-56-57-58-59-60-61-62-63-64-65-66-67/h67H,2-66H2,1H3. The van der Waals surface area contributed by atoms with Gasteiger partial charge in [0.25, 0.3) is 0 Å². The zero-order chi connectivity index (χ0) is 48.0. The molecule has 404 valence electrons. The topological polar surface area (TPSA) is 0 Å². The molecule has 0 aliphatic heterocycles. The highest BCUT2D eigenvalue weighted by molar-refractivity contribution is 7.80. The number of hydrogen-bond donors (Lipinski definition) is 1. The molecular formula is C66H134S. The van der Waals surface area contributed by atoms with Gasteiger partial charge in [0.2, 0.25) is 0 Å². The Morgan fingerprint density at radius 1 is 0.119 bits per heavy atom. The molecule has 0 atom stereocenters. The molecule has 0 bridgehead atoms. The molecule has 0 fully saturated rings. The van der Waals surface area contributed by atoms with E-state index in [1.807, 2.05) is 0 Å². The van der Waals surface area contributed by atoms with Crippen molar-refractivity contribution in [2.75, 3.05) is 5.75 Å². The lowest BCUT2D eigenvalue weighted by molar-refractivity contribution is 0.506. The summed E-state index contributed by atoms with van der Waals surface area (Å²) in [5.74, 6) is 1.07. The lowest BCUT2D eigenvalue weighted by Gasteiger charge is -2.05. The van der Waals surface area contributed by atoms with Crippen molar-refractivity contribution >= 4 is 12.6 Å². The fourth-order valence-corrected chi connectivity index (χ4v) is 11.4. The molecule has 0 saturated heterocycles. The van der Waals surface area contributed by atoms with Crippen molar-refractivity contribution in [2.24, 2.45) is 0 Å². The molecule has 0 amide bonds. The zero-order valence-electron chi connectivity index (χ0n) is 47.4. The number of rotatable bonds is 64. The van der Waals surface area contributed by atoms with E-state index in [1.54, 1.807) is 0 Å². The van der Waals surface area contributed by atoms with Crippen LogP contribution in [0.4, 0.5) is 0 Å². The summed E-state index contributed by atoms with van der Waals surface area (Å²) >= 11 is 4.31. The van der Waals surface area contributed by atoms with Crippen LogP contribution in [0.15, 0.2) is 0 Å². The maximum Gasteiger partial charge on any atom is -0.00979 e. The molecule has 0 unspecified atom stereocenters. The molecule has 0 aromatic carbocycles. The summed E-state index contributed by atoms with van der Waals surface area (Å²) in [5, 5.41) is 0. The van der Waals surface area contributed by atoms with Gasteiger partial charge in [0.15, 0.2) is 0 Å². The van der Waals surface area contributed by atoms with Crippen LogP contribution < -0.4 is 0 Å². The molecule has 0 heterocycles. The largest absolute Gasteiger partial charge is 0.179 e. The van der Waals surface area contributed by atoms with Crippen LogP contribution in [0.5, 0.6) is 0 Å². The number of hydrogen-bond acceptors (Lipinski definition) is 1. The highest BCUT2D eigenvalue weighted by atomic mass is 32.1. The smallest absolute Gasteiger partial charge is 0.00979 e. The van der Waals surface area contributed by atoms with Gasteiger partial charge >= 0.3 is 0 Å². The predicted molar refractivity (Wildman–Crippen MR) is 315 cm³/mol. The van der Waals surface area contributed by atoms with Gasteiger partial charge in [-0.25, -0.2) is 0 Å². The van der Waals surface area contributed by atoms with E-state index in [0.717, 1.165) is 5.75 Å². The van der Waals surface area contributed by atoms with Gasteiger partial charge in [0.1, 0.15) is 0 Å². The van der Waals surface area contributed by atoms with Crippen molar-refractivity contribution in [3.05, 3.63) is 0 Å². The Hall–Kier alpha value is 0.350. The third kappa shape index (κ3) is 66.3. The Morgan fingerprint density at radius 2 is 0.194 bits per heavy atom. The van der Waals surface area contributed by atoms with Crippen LogP contribution >= 0.6 is 12.6 Å². The van der Waals surface area contributed by atoms with Crippen LogP contribution in [-0.2, 0) is 0 Å². The molecule has 0 saturated carbocycles. The molecule has 67 heavy (non-hydrogen) atoms. The summed E-state index contributed by atoms with van der Waals surface area (Å²) in [5.41, 5.74) is 0. The van der Waals surface area contributed by atoms with E-state index in [1.165, 1.54) is 411 Å². The summed E-state index contributed by atoms with van der Waals surface area (Å²) in [6.45, 7) is 2.31. The van der Waals surface area contributed by atoms with Crippen molar-refractivity contribution in [3.8, 4) is 0 Å². The third-order valence-electron chi connectivity index (χ3n) is 16.0. The van der Waals surface area contributed by atoms with Gasteiger partial charge in [-0.05, 0) is 12.2 Å². The molecule has 0 aliphatic carbocycles. The van der Waals surface area contributed by atoms with E-state index in [2.05, 4.69) is 19.6 Å². The monoisotopic (exact) mass is 959 g/mol. The second-order valence-corrected chi connectivity index (χ2v) is 23.4. The highest BCUT2D eigenvalue weighted by Crippen LogP contribution is 2.20. The third-order valence-corrected chi connectivity index (χ3v) is 16.3. The molecule has 0 rings (SSSR count). The van der Waals surface area contributed by atoms with Crippen LogP contribution in [-0.4, -0.2) is 5.75 Å². The molecule has 0 aromatic heterocycles. The number of thiol groups is 1. The molecule has 0 aliphatic rings. The fourth-order valence-electron chi connectivity index (χ4n) is 11.1. The first-order chi connectivity index (χ1) is 33.4. The molecule has 0 spiro atoms. The van der Waals surface area contributed by atoms with E-state index in [4.69, 9.17) is 0 Å². The first-order valence-electron chi connectivity index (χ1n) is 33.0. The van der Waals surface area contributed by atoms with Crippen LogP contribution in [0.1, 0.15) is 418 Å². The van der Waals surface area contributed by atoms with Gasteiger partial charge in [0, 0.05) is 0 Å². The average molecular weight is 960 g/mol. The summed E-state index contributed by atoms with van der Waals surface area (Å²) in [4.78, 5) is 0. The van der Waals surface area contributed by atoms with Gasteiger partial charge in [0.05, 0.1) is 0 Å².